The topological polar surface area (TPSA) is 51.1 Å². The molecule has 3 rings (SSSR count). The van der Waals surface area contributed by atoms with E-state index in [1.54, 1.807) is 7.11 Å². The molecule has 5 nitrogen and oxygen atoms in total. The average molecular weight is 401 g/mol. The van der Waals surface area contributed by atoms with Gasteiger partial charge in [-0.15, -0.1) is 0 Å². The number of hydrogen-bond acceptors (Lipinski definition) is 3. The molecule has 0 saturated heterocycles. The summed E-state index contributed by atoms with van der Waals surface area (Å²) in [7, 11) is 1.63. The highest BCUT2D eigenvalue weighted by Crippen LogP contribution is 2.25. The lowest BCUT2D eigenvalue weighted by molar-refractivity contribution is 0.417. The summed E-state index contributed by atoms with van der Waals surface area (Å²) in [6, 6.07) is 15.6. The molecule has 1 heterocycles. The fourth-order valence-corrected chi connectivity index (χ4v) is 3.02. The minimum atomic E-state index is 0.454. The van der Waals surface area contributed by atoms with Crippen LogP contribution in [0.2, 0.25) is 5.02 Å². The maximum Gasteiger partial charge on any atom is 0.176 e. The van der Waals surface area contributed by atoms with Crippen molar-refractivity contribution in [2.24, 2.45) is 0 Å². The zero-order valence-electron chi connectivity index (χ0n) is 15.4. The maximum absolute atomic E-state index is 5.94. The smallest absolute Gasteiger partial charge is 0.176 e. The van der Waals surface area contributed by atoms with Crippen molar-refractivity contribution in [3.63, 3.8) is 0 Å². The first-order valence-corrected chi connectivity index (χ1v) is 9.25. The number of thiocarbonyl (C=S) groups is 1. The van der Waals surface area contributed by atoms with Gasteiger partial charge < -0.3 is 15.4 Å². The van der Waals surface area contributed by atoms with E-state index >= 15 is 0 Å². The average Bonchev–Trinajstić information content (AvgIpc) is 2.96. The van der Waals surface area contributed by atoms with Gasteiger partial charge in [0.05, 0.1) is 19.3 Å². The van der Waals surface area contributed by atoms with Crippen LogP contribution >= 0.6 is 23.8 Å². The Bertz CT molecular complexity index is 953. The number of benzene rings is 2. The number of anilines is 2. The van der Waals surface area contributed by atoms with Crippen LogP contribution in [0.5, 0.6) is 5.75 Å². The zero-order valence-corrected chi connectivity index (χ0v) is 17.0. The molecular weight excluding hydrogens is 380 g/mol. The monoisotopic (exact) mass is 400 g/mol. The highest BCUT2D eigenvalue weighted by Gasteiger charge is 2.09. The van der Waals surface area contributed by atoms with Crippen LogP contribution < -0.4 is 15.4 Å². The van der Waals surface area contributed by atoms with Crippen molar-refractivity contribution >= 4 is 40.4 Å². The van der Waals surface area contributed by atoms with Crippen molar-refractivity contribution in [1.29, 1.82) is 0 Å². The van der Waals surface area contributed by atoms with Gasteiger partial charge in [0, 0.05) is 16.8 Å². The number of aromatic nitrogens is 2. The van der Waals surface area contributed by atoms with Gasteiger partial charge in [-0.2, -0.15) is 5.10 Å². The molecule has 0 aliphatic heterocycles. The molecule has 27 heavy (non-hydrogen) atoms. The highest BCUT2D eigenvalue weighted by molar-refractivity contribution is 7.80. The molecule has 140 valence electrons. The van der Waals surface area contributed by atoms with Crippen LogP contribution in [0.25, 0.3) is 0 Å². The third kappa shape index (κ3) is 4.99. The molecule has 0 unspecified atom stereocenters. The van der Waals surface area contributed by atoms with Gasteiger partial charge in [0.25, 0.3) is 0 Å². The largest absolute Gasteiger partial charge is 0.495 e. The predicted molar refractivity (Wildman–Crippen MR) is 115 cm³/mol. The number of rotatable bonds is 5. The molecule has 0 spiro atoms. The van der Waals surface area contributed by atoms with Gasteiger partial charge in [-0.1, -0.05) is 29.8 Å². The lowest BCUT2D eigenvalue weighted by atomic mass is 10.2. The molecule has 0 saturated carbocycles. The van der Waals surface area contributed by atoms with Crippen LogP contribution in [0.4, 0.5) is 11.5 Å². The molecule has 0 atom stereocenters. The van der Waals surface area contributed by atoms with Crippen molar-refractivity contribution in [1.82, 2.24) is 9.78 Å². The molecule has 2 aromatic carbocycles. The second-order valence-corrected chi connectivity index (χ2v) is 7.08. The number of methoxy groups -OCH3 is 1. The number of ether oxygens (including phenoxy) is 1. The molecular formula is C20H21ClN4OS. The van der Waals surface area contributed by atoms with Gasteiger partial charge in [-0.05, 0) is 61.5 Å². The van der Waals surface area contributed by atoms with E-state index in [-0.39, 0.29) is 0 Å². The number of nitrogens with one attached hydrogen (secondary N) is 2. The Kier molecular flexibility index (Phi) is 5.98. The zero-order chi connectivity index (χ0) is 19.4. The maximum atomic E-state index is 5.94. The molecule has 0 amide bonds. The molecule has 7 heteroatoms. The van der Waals surface area contributed by atoms with Crippen molar-refractivity contribution in [3.8, 4) is 5.75 Å². The van der Waals surface area contributed by atoms with Crippen molar-refractivity contribution < 1.29 is 4.74 Å². The molecule has 0 aliphatic rings. The standard InChI is InChI=1S/C20H21ClN4OS/c1-13-4-9-18(26-3)17(10-13)22-20(27)23-19-11-14(2)25(24-19)12-15-5-7-16(21)8-6-15/h4-11H,12H2,1-3H3,(H2,22,23,24,27). The van der Waals surface area contributed by atoms with Crippen LogP contribution in [-0.4, -0.2) is 22.0 Å². The summed E-state index contributed by atoms with van der Waals surface area (Å²) in [5.41, 5.74) is 4.09. The van der Waals surface area contributed by atoms with Gasteiger partial charge in [-0.25, -0.2) is 0 Å². The SMILES string of the molecule is COc1ccc(C)cc1NC(=S)Nc1cc(C)n(Cc2ccc(Cl)cc2)n1. The van der Waals surface area contributed by atoms with E-state index in [4.69, 9.17) is 28.6 Å². The normalized spacial score (nSPS) is 10.5. The molecule has 3 aromatic rings. The molecule has 0 fully saturated rings. The van der Waals surface area contributed by atoms with Crippen molar-refractivity contribution in [3.05, 3.63) is 70.4 Å². The summed E-state index contributed by atoms with van der Waals surface area (Å²) >= 11 is 11.4. The second-order valence-electron chi connectivity index (χ2n) is 6.24. The first-order valence-electron chi connectivity index (χ1n) is 8.46. The minimum Gasteiger partial charge on any atom is -0.495 e. The number of nitrogens with zero attached hydrogens (tertiary/aromatic N) is 2. The molecule has 1 aromatic heterocycles. The first-order chi connectivity index (χ1) is 12.9. The van der Waals surface area contributed by atoms with Gasteiger partial charge in [0.15, 0.2) is 10.9 Å². The van der Waals surface area contributed by atoms with Crippen LogP contribution in [0.1, 0.15) is 16.8 Å². The van der Waals surface area contributed by atoms with Gasteiger partial charge >= 0.3 is 0 Å². The quantitative estimate of drug-likeness (QED) is 0.589. The Morgan fingerprint density at radius 2 is 1.85 bits per heavy atom. The van der Waals surface area contributed by atoms with Gasteiger partial charge in [0.1, 0.15) is 5.75 Å². The molecule has 0 radical (unpaired) electrons. The molecule has 0 bridgehead atoms. The number of hydrogen-bond donors (Lipinski definition) is 2. The number of halogens is 1. The Balaban J connectivity index is 1.68. The van der Waals surface area contributed by atoms with E-state index in [2.05, 4.69) is 15.7 Å². The molecule has 0 aliphatic carbocycles. The van der Waals surface area contributed by atoms with E-state index in [9.17, 15) is 0 Å². The summed E-state index contributed by atoms with van der Waals surface area (Å²) in [6.07, 6.45) is 0. The Labute approximate surface area is 169 Å². The van der Waals surface area contributed by atoms with Crippen LogP contribution in [0.15, 0.2) is 48.5 Å². The van der Waals surface area contributed by atoms with E-state index in [0.29, 0.717) is 17.5 Å². The predicted octanol–water partition coefficient (Wildman–Crippen LogP) is 5.02. The third-order valence-electron chi connectivity index (χ3n) is 4.07. The van der Waals surface area contributed by atoms with Gasteiger partial charge in [0.2, 0.25) is 0 Å². The molecule has 2 N–H and O–H groups in total. The Morgan fingerprint density at radius 1 is 1.11 bits per heavy atom. The lowest BCUT2D eigenvalue weighted by Gasteiger charge is -2.13. The van der Waals surface area contributed by atoms with E-state index in [0.717, 1.165) is 33.3 Å². The summed E-state index contributed by atoms with van der Waals surface area (Å²) in [5.74, 6) is 1.42. The Morgan fingerprint density at radius 3 is 2.56 bits per heavy atom. The first kappa shape index (κ1) is 19.2. The van der Waals surface area contributed by atoms with Crippen LogP contribution in [-0.2, 0) is 6.54 Å². The second kappa shape index (κ2) is 8.41. The van der Waals surface area contributed by atoms with Crippen molar-refractivity contribution in [2.45, 2.75) is 20.4 Å². The fraction of sp³-hybridized carbons (Fsp3) is 0.200. The summed E-state index contributed by atoms with van der Waals surface area (Å²) in [5, 5.41) is 12.1. The van der Waals surface area contributed by atoms with Crippen LogP contribution in [0.3, 0.4) is 0 Å². The lowest BCUT2D eigenvalue weighted by Crippen LogP contribution is -2.20. The van der Waals surface area contributed by atoms with E-state index < -0.39 is 0 Å². The number of aryl methyl sites for hydroxylation is 2. The highest BCUT2D eigenvalue weighted by atomic mass is 35.5. The summed E-state index contributed by atoms with van der Waals surface area (Å²) < 4.78 is 7.29. The fourth-order valence-electron chi connectivity index (χ4n) is 2.68. The van der Waals surface area contributed by atoms with Gasteiger partial charge in [-0.3, -0.25) is 4.68 Å². The van der Waals surface area contributed by atoms with E-state index in [1.807, 2.05) is 67.1 Å². The Hall–Kier alpha value is -2.57. The minimum absolute atomic E-state index is 0.454. The van der Waals surface area contributed by atoms with E-state index in [1.165, 1.54) is 0 Å². The summed E-state index contributed by atoms with van der Waals surface area (Å²) in [6.45, 7) is 4.69. The van der Waals surface area contributed by atoms with Crippen LogP contribution in [0, 0.1) is 13.8 Å². The summed E-state index contributed by atoms with van der Waals surface area (Å²) in [4.78, 5) is 0. The third-order valence-corrected chi connectivity index (χ3v) is 4.53. The van der Waals surface area contributed by atoms with Crippen molar-refractivity contribution in [2.75, 3.05) is 17.7 Å².